The fourth-order valence-corrected chi connectivity index (χ4v) is 30.2. The summed E-state index contributed by atoms with van der Waals surface area (Å²) in [7, 11) is 0. The number of rotatable bonds is 7. The van der Waals surface area contributed by atoms with Gasteiger partial charge >= 0.3 is 202 Å². The Morgan fingerprint density at radius 3 is 1.43 bits per heavy atom. The van der Waals surface area contributed by atoms with Gasteiger partial charge in [-0.15, -0.1) is 0 Å². The van der Waals surface area contributed by atoms with Crippen molar-refractivity contribution in [2.24, 2.45) is 0 Å². The minimum atomic E-state index is -1.84. The van der Waals surface area contributed by atoms with Crippen molar-refractivity contribution >= 4 is 40.3 Å². The van der Waals surface area contributed by atoms with Gasteiger partial charge in [0.15, 0.2) is 0 Å². The van der Waals surface area contributed by atoms with E-state index in [4.69, 9.17) is 0 Å². The van der Waals surface area contributed by atoms with E-state index in [1.54, 1.807) is 22.3 Å². The first kappa shape index (κ1) is 33.1. The molecule has 0 spiro atoms. The summed E-state index contributed by atoms with van der Waals surface area (Å²) in [6.45, 7) is 11.7. The van der Waals surface area contributed by atoms with E-state index in [1.165, 1.54) is 64.4 Å². The van der Waals surface area contributed by atoms with Gasteiger partial charge in [0.1, 0.15) is 0 Å². The number of fused-ring (bicyclic) bond motifs is 6. The van der Waals surface area contributed by atoms with Crippen LogP contribution in [0.4, 0.5) is 0 Å². The van der Waals surface area contributed by atoms with E-state index < -0.39 is 20.9 Å². The van der Waals surface area contributed by atoms with Gasteiger partial charge in [0.25, 0.3) is 0 Å². The molecule has 2 aliphatic carbocycles. The zero-order valence-corrected chi connectivity index (χ0v) is 30.1. The summed E-state index contributed by atoms with van der Waals surface area (Å²) in [6.07, 6.45) is 10.6. The van der Waals surface area contributed by atoms with Crippen LogP contribution in [-0.4, -0.2) is 6.65 Å². The van der Waals surface area contributed by atoms with Crippen molar-refractivity contribution in [3.63, 3.8) is 0 Å². The Hall–Kier alpha value is -1.44. The van der Waals surface area contributed by atoms with Crippen LogP contribution in [0.15, 0.2) is 83.9 Å². The van der Waals surface area contributed by atoms with Gasteiger partial charge in [-0.25, -0.2) is 0 Å². The second-order valence-corrected chi connectivity index (χ2v) is 26.9. The van der Waals surface area contributed by atoms with Crippen molar-refractivity contribution < 1.29 is 45.7 Å². The van der Waals surface area contributed by atoms with Gasteiger partial charge in [-0.2, -0.15) is 0 Å². The van der Waals surface area contributed by atoms with E-state index in [9.17, 15) is 0 Å². The molecule has 0 radical (unpaired) electrons. The second-order valence-electron chi connectivity index (χ2n) is 11.3. The molecule has 4 aromatic carbocycles. The average Bonchev–Trinajstić information content (AvgIpc) is 3.47. The molecule has 209 valence electrons. The standard InChI is InChI=1S/2C14H11.C6H14.C2H7Si.2ClH.Zr/c2*1-10-8-12-7-6-11-4-2-3-5-13(11)14(12)9-10;1-3-5-6-4-2;1-2-3;;;/h2*2-9H,1H3;3-6H2,1-2H3;2-3H2,1H3;2*1H;/q;;;;;;+2/p-2. The first-order valence-corrected chi connectivity index (χ1v) is 24.6. The Morgan fingerprint density at radius 2 is 1.02 bits per heavy atom. The quantitative estimate of drug-likeness (QED) is 0.204. The molecule has 0 N–H and O–H groups in total. The third kappa shape index (κ3) is 6.47. The summed E-state index contributed by atoms with van der Waals surface area (Å²) in [5.41, 5.74) is 9.64. The van der Waals surface area contributed by atoms with Gasteiger partial charge in [0, 0.05) is 0 Å². The summed E-state index contributed by atoms with van der Waals surface area (Å²) in [4.78, 5) is 0. The molecule has 0 saturated carbocycles. The maximum Gasteiger partial charge on any atom is -1.00 e. The van der Waals surface area contributed by atoms with Crippen molar-refractivity contribution in [1.29, 1.82) is 0 Å². The molecule has 2 atom stereocenters. The molecule has 0 nitrogen and oxygen atoms in total. The molecule has 0 saturated heterocycles. The van der Waals surface area contributed by atoms with Crippen molar-refractivity contribution in [3.05, 3.63) is 106 Å². The van der Waals surface area contributed by atoms with Crippen LogP contribution >= 0.6 is 0 Å². The summed E-state index contributed by atoms with van der Waals surface area (Å²) >= 11 is -1.84. The predicted octanol–water partition coefficient (Wildman–Crippen LogP) is 4.34. The molecule has 0 aliphatic heterocycles. The molecule has 0 aromatic heterocycles. The van der Waals surface area contributed by atoms with Crippen molar-refractivity contribution in [3.8, 4) is 0 Å². The van der Waals surface area contributed by atoms with E-state index in [0.29, 0.717) is 0 Å². The van der Waals surface area contributed by atoms with Crippen LogP contribution in [0.5, 0.6) is 0 Å². The largest absolute Gasteiger partial charge is 1.00 e. The van der Waals surface area contributed by atoms with Gasteiger partial charge in [-0.1, -0.05) is 39.5 Å². The zero-order chi connectivity index (χ0) is 26.6. The van der Waals surface area contributed by atoms with Crippen LogP contribution in [0.1, 0.15) is 89.8 Å². The number of hydrogen-bond acceptors (Lipinski definition) is 0. The Balaban J connectivity index is 0.000000501. The molecule has 4 heteroatoms. The molecule has 40 heavy (non-hydrogen) atoms. The number of allylic oxidation sites excluding steroid dienone is 2. The van der Waals surface area contributed by atoms with Gasteiger partial charge in [0.05, 0.1) is 0 Å². The number of unbranched alkanes of at least 4 members (excludes halogenated alkanes) is 3. The minimum absolute atomic E-state index is 0. The fraction of sp³-hybridized carbons (Fsp3) is 0.333. The van der Waals surface area contributed by atoms with Crippen LogP contribution in [0.2, 0.25) is 6.04 Å². The molecule has 4 aromatic rings. The van der Waals surface area contributed by atoms with Crippen molar-refractivity contribution in [1.82, 2.24) is 0 Å². The smallest absolute Gasteiger partial charge is 1.00 e. The van der Waals surface area contributed by atoms with Crippen LogP contribution in [-0.2, 0) is 20.9 Å². The maximum absolute atomic E-state index is 2.54. The first-order valence-electron chi connectivity index (χ1n) is 14.8. The Labute approximate surface area is 264 Å². The fourth-order valence-electron chi connectivity index (χ4n) is 6.79. The van der Waals surface area contributed by atoms with Crippen LogP contribution in [0.25, 0.3) is 33.7 Å². The van der Waals surface area contributed by atoms with Gasteiger partial charge in [-0.05, 0) is 0 Å². The maximum atomic E-state index is 2.54. The summed E-state index contributed by atoms with van der Waals surface area (Å²) in [5, 5.41) is 5.64. The second kappa shape index (κ2) is 15.2. The van der Waals surface area contributed by atoms with Crippen molar-refractivity contribution in [2.45, 2.75) is 73.6 Å². The van der Waals surface area contributed by atoms with Crippen LogP contribution in [0, 0.1) is 0 Å². The molecule has 0 fully saturated rings. The predicted molar refractivity (Wildman–Crippen MR) is 170 cm³/mol. The molecule has 0 bridgehead atoms. The van der Waals surface area contributed by atoms with E-state index in [-0.39, 0.29) is 31.5 Å². The number of halogens is 2. The molecule has 2 aliphatic rings. The average molecular weight is 666 g/mol. The summed E-state index contributed by atoms with van der Waals surface area (Å²) in [6, 6.07) is 29.0. The molecular formula is C36H43Cl2SiZr. The molecule has 0 heterocycles. The zero-order valence-electron chi connectivity index (χ0n) is 24.7. The molecule has 6 rings (SSSR count). The normalized spacial score (nSPS) is 16.9. The monoisotopic (exact) mass is 663 g/mol. The Morgan fingerprint density at radius 1 is 0.600 bits per heavy atom. The van der Waals surface area contributed by atoms with E-state index >= 15 is 0 Å². The third-order valence-electron chi connectivity index (χ3n) is 8.52. The molecule has 0 amide bonds. The Kier molecular flexibility index (Phi) is 12.5. The topological polar surface area (TPSA) is 0 Å². The summed E-state index contributed by atoms with van der Waals surface area (Å²) < 4.78 is 1.49. The van der Waals surface area contributed by atoms with E-state index in [1.807, 2.05) is 0 Å². The number of benzene rings is 4. The van der Waals surface area contributed by atoms with Gasteiger partial charge in [-0.3, -0.25) is 0 Å². The van der Waals surface area contributed by atoms with Crippen LogP contribution < -0.4 is 24.8 Å². The van der Waals surface area contributed by atoms with E-state index in [0.717, 1.165) is 7.25 Å². The minimum Gasteiger partial charge on any atom is -1.00 e. The first-order chi connectivity index (χ1) is 18.6. The molecular weight excluding hydrogens is 623 g/mol. The van der Waals surface area contributed by atoms with Crippen molar-refractivity contribution in [2.75, 3.05) is 0 Å². The van der Waals surface area contributed by atoms with Crippen LogP contribution in [0.3, 0.4) is 0 Å². The van der Waals surface area contributed by atoms with Gasteiger partial charge in [0.2, 0.25) is 0 Å². The Bertz CT molecular complexity index is 1390. The summed E-state index contributed by atoms with van der Waals surface area (Å²) in [5.74, 6) is 0. The SMILES string of the molecule is CCCCCC.CC[SiH2][Zr+2]([CH]1C(C)=Cc2c1ccc1ccccc21)[CH]1C(C)=Cc2c1ccc1ccccc21.[Cl-].[Cl-]. The third-order valence-corrected chi connectivity index (χ3v) is 29.8. The van der Waals surface area contributed by atoms with E-state index in [2.05, 4.69) is 120 Å². The van der Waals surface area contributed by atoms with Gasteiger partial charge < -0.3 is 24.8 Å². The number of hydrogen-bond donors (Lipinski definition) is 0. The molecule has 2 unspecified atom stereocenters.